The smallest absolute Gasteiger partial charge is 0.249 e. The summed E-state index contributed by atoms with van der Waals surface area (Å²) in [5, 5.41) is 3.04. The fraction of sp³-hybridized carbons (Fsp3) is 0.611. The lowest BCUT2D eigenvalue weighted by atomic mass is 10.1. The maximum Gasteiger partial charge on any atom is 0.249 e. The van der Waals surface area contributed by atoms with Crippen LogP contribution in [0.4, 0.5) is 5.69 Å². The van der Waals surface area contributed by atoms with E-state index in [0.717, 1.165) is 25.3 Å². The Morgan fingerprint density at radius 2 is 2.26 bits per heavy atom. The molecule has 1 aliphatic heterocycles. The van der Waals surface area contributed by atoms with Crippen molar-refractivity contribution in [1.82, 2.24) is 5.32 Å². The van der Waals surface area contributed by atoms with Gasteiger partial charge in [0, 0.05) is 38.0 Å². The van der Waals surface area contributed by atoms with Gasteiger partial charge in [0.15, 0.2) is 0 Å². The van der Waals surface area contributed by atoms with E-state index in [1.807, 2.05) is 26.0 Å². The molecule has 2 atom stereocenters. The number of nitrogens with zero attached hydrogens (tertiary/aromatic N) is 1. The van der Waals surface area contributed by atoms with Crippen LogP contribution < -0.4 is 15.0 Å². The Bertz CT molecular complexity index is 507. The average Bonchev–Trinajstić information content (AvgIpc) is 3.06. The Kier molecular flexibility index (Phi) is 6.71. The second-order valence-corrected chi connectivity index (χ2v) is 5.90. The van der Waals surface area contributed by atoms with E-state index < -0.39 is 0 Å². The third-order valence-electron chi connectivity index (χ3n) is 4.30. The molecule has 5 nitrogen and oxygen atoms in total. The van der Waals surface area contributed by atoms with Crippen molar-refractivity contribution in [1.29, 1.82) is 0 Å². The molecule has 0 saturated carbocycles. The van der Waals surface area contributed by atoms with Crippen LogP contribution in [-0.4, -0.2) is 45.4 Å². The summed E-state index contributed by atoms with van der Waals surface area (Å²) in [6.07, 6.45) is 1.47. The molecule has 0 aromatic heterocycles. The van der Waals surface area contributed by atoms with Crippen molar-refractivity contribution in [2.24, 2.45) is 5.92 Å². The largest absolute Gasteiger partial charge is 0.497 e. The molecule has 1 aliphatic rings. The van der Waals surface area contributed by atoms with Gasteiger partial charge in [-0.2, -0.15) is 0 Å². The van der Waals surface area contributed by atoms with Crippen molar-refractivity contribution >= 4 is 11.6 Å². The standard InChI is InChI=1S/C18H28N2O3/c1-4-17(23-5-2)18(21)19-12-14-9-10-20(13-14)15-7-6-8-16(11-15)22-3/h6-8,11,14,17H,4-5,9-10,12-13H2,1-3H3,(H,19,21). The van der Waals surface area contributed by atoms with Gasteiger partial charge in [0.1, 0.15) is 11.9 Å². The number of carbonyl (C=O) groups is 1. The van der Waals surface area contributed by atoms with Crippen LogP contribution in [0.1, 0.15) is 26.7 Å². The molecule has 1 fully saturated rings. The molecule has 0 bridgehead atoms. The Morgan fingerprint density at radius 1 is 1.43 bits per heavy atom. The average molecular weight is 320 g/mol. The van der Waals surface area contributed by atoms with Gasteiger partial charge < -0.3 is 19.7 Å². The Morgan fingerprint density at radius 3 is 2.96 bits per heavy atom. The highest BCUT2D eigenvalue weighted by Crippen LogP contribution is 2.26. The van der Waals surface area contributed by atoms with Gasteiger partial charge in [-0.05, 0) is 37.8 Å². The van der Waals surface area contributed by atoms with Gasteiger partial charge in [-0.25, -0.2) is 0 Å². The molecule has 2 rings (SSSR count). The molecular formula is C18H28N2O3. The molecule has 0 spiro atoms. The normalized spacial score (nSPS) is 18.7. The first-order valence-electron chi connectivity index (χ1n) is 8.46. The first kappa shape index (κ1) is 17.6. The van der Waals surface area contributed by atoms with E-state index in [4.69, 9.17) is 9.47 Å². The number of amides is 1. The number of benzene rings is 1. The maximum atomic E-state index is 12.1. The minimum absolute atomic E-state index is 0.00850. The predicted octanol–water partition coefficient (Wildman–Crippen LogP) is 2.45. The van der Waals surface area contributed by atoms with Crippen LogP contribution in [0.2, 0.25) is 0 Å². The van der Waals surface area contributed by atoms with Crippen molar-refractivity contribution in [3.05, 3.63) is 24.3 Å². The van der Waals surface area contributed by atoms with E-state index in [1.54, 1.807) is 7.11 Å². The molecule has 5 heteroatoms. The minimum atomic E-state index is -0.323. The molecule has 1 saturated heterocycles. The van der Waals surface area contributed by atoms with Gasteiger partial charge in [0.05, 0.1) is 7.11 Å². The van der Waals surface area contributed by atoms with Crippen molar-refractivity contribution in [3.63, 3.8) is 0 Å². The van der Waals surface area contributed by atoms with E-state index in [0.29, 0.717) is 25.5 Å². The van der Waals surface area contributed by atoms with E-state index in [1.165, 1.54) is 5.69 Å². The van der Waals surface area contributed by atoms with Gasteiger partial charge in [0.25, 0.3) is 0 Å². The highest BCUT2D eigenvalue weighted by Gasteiger charge is 2.24. The second-order valence-electron chi connectivity index (χ2n) is 5.90. The molecule has 1 amide bonds. The maximum absolute atomic E-state index is 12.1. The second kappa shape index (κ2) is 8.77. The summed E-state index contributed by atoms with van der Waals surface area (Å²) in [5.74, 6) is 1.36. The molecule has 128 valence electrons. The van der Waals surface area contributed by atoms with Gasteiger partial charge in [0.2, 0.25) is 5.91 Å². The number of anilines is 1. The van der Waals surface area contributed by atoms with Gasteiger partial charge in [-0.3, -0.25) is 4.79 Å². The first-order chi connectivity index (χ1) is 11.2. The summed E-state index contributed by atoms with van der Waals surface area (Å²) in [7, 11) is 1.68. The summed E-state index contributed by atoms with van der Waals surface area (Å²) in [6, 6.07) is 8.13. The van der Waals surface area contributed by atoms with Crippen LogP contribution in [-0.2, 0) is 9.53 Å². The number of methoxy groups -OCH3 is 1. The number of rotatable bonds is 8. The lowest BCUT2D eigenvalue weighted by molar-refractivity contribution is -0.132. The highest BCUT2D eigenvalue weighted by atomic mass is 16.5. The molecule has 1 aromatic rings. The summed E-state index contributed by atoms with van der Waals surface area (Å²) in [5.41, 5.74) is 1.18. The van der Waals surface area contributed by atoms with Gasteiger partial charge in [-0.15, -0.1) is 0 Å². The van der Waals surface area contributed by atoms with Crippen molar-refractivity contribution in [3.8, 4) is 5.75 Å². The number of hydrogen-bond donors (Lipinski definition) is 1. The molecule has 0 radical (unpaired) electrons. The van der Waals surface area contributed by atoms with E-state index in [-0.39, 0.29) is 12.0 Å². The summed E-state index contributed by atoms with van der Waals surface area (Å²) >= 11 is 0. The van der Waals surface area contributed by atoms with Crippen LogP contribution in [0.5, 0.6) is 5.75 Å². The summed E-state index contributed by atoms with van der Waals surface area (Å²) < 4.78 is 10.7. The van der Waals surface area contributed by atoms with Crippen LogP contribution in [0.25, 0.3) is 0 Å². The zero-order chi connectivity index (χ0) is 16.7. The lowest BCUT2D eigenvalue weighted by Crippen LogP contribution is -2.39. The highest BCUT2D eigenvalue weighted by molar-refractivity contribution is 5.80. The Balaban J connectivity index is 1.82. The third-order valence-corrected chi connectivity index (χ3v) is 4.30. The fourth-order valence-corrected chi connectivity index (χ4v) is 2.98. The predicted molar refractivity (Wildman–Crippen MR) is 92.0 cm³/mol. The molecule has 1 aromatic carbocycles. The quantitative estimate of drug-likeness (QED) is 0.799. The van der Waals surface area contributed by atoms with E-state index >= 15 is 0 Å². The molecule has 0 aliphatic carbocycles. The number of hydrogen-bond acceptors (Lipinski definition) is 4. The van der Waals surface area contributed by atoms with E-state index in [2.05, 4.69) is 22.3 Å². The Hall–Kier alpha value is -1.75. The lowest BCUT2D eigenvalue weighted by Gasteiger charge is -2.20. The number of nitrogens with one attached hydrogen (secondary N) is 1. The van der Waals surface area contributed by atoms with Crippen molar-refractivity contribution in [2.45, 2.75) is 32.8 Å². The van der Waals surface area contributed by atoms with Crippen LogP contribution in [0.3, 0.4) is 0 Å². The topological polar surface area (TPSA) is 50.8 Å². The van der Waals surface area contributed by atoms with Crippen molar-refractivity contribution < 1.29 is 14.3 Å². The molecular weight excluding hydrogens is 292 g/mol. The molecule has 2 unspecified atom stereocenters. The Labute approximate surface area is 139 Å². The monoisotopic (exact) mass is 320 g/mol. The minimum Gasteiger partial charge on any atom is -0.497 e. The van der Waals surface area contributed by atoms with Crippen LogP contribution >= 0.6 is 0 Å². The zero-order valence-electron chi connectivity index (χ0n) is 14.4. The SMILES string of the molecule is CCOC(CC)C(=O)NCC1CCN(c2cccc(OC)c2)C1. The number of carbonyl (C=O) groups excluding carboxylic acids is 1. The summed E-state index contributed by atoms with van der Waals surface area (Å²) in [6.45, 7) is 7.13. The zero-order valence-corrected chi connectivity index (χ0v) is 14.4. The molecule has 1 heterocycles. The number of ether oxygens (including phenoxy) is 2. The first-order valence-corrected chi connectivity index (χ1v) is 8.46. The van der Waals surface area contributed by atoms with Gasteiger partial charge in [-0.1, -0.05) is 13.0 Å². The van der Waals surface area contributed by atoms with Gasteiger partial charge >= 0.3 is 0 Å². The fourth-order valence-electron chi connectivity index (χ4n) is 2.98. The molecule has 23 heavy (non-hydrogen) atoms. The molecule has 1 N–H and O–H groups in total. The summed E-state index contributed by atoms with van der Waals surface area (Å²) in [4.78, 5) is 14.4. The van der Waals surface area contributed by atoms with Crippen molar-refractivity contribution in [2.75, 3.05) is 38.3 Å². The third kappa shape index (κ3) is 4.86. The van der Waals surface area contributed by atoms with Crippen LogP contribution in [0, 0.1) is 5.92 Å². The van der Waals surface area contributed by atoms with Crippen LogP contribution in [0.15, 0.2) is 24.3 Å². The van der Waals surface area contributed by atoms with E-state index in [9.17, 15) is 4.79 Å².